The molecule has 0 saturated heterocycles. The maximum atomic E-state index is 12.5. The molecule has 1 amide bonds. The monoisotopic (exact) mass is 373 g/mol. The number of nitrogens with zero attached hydrogens (tertiary/aromatic N) is 3. The van der Waals surface area contributed by atoms with Crippen LogP contribution in [-0.4, -0.2) is 10.5 Å². The summed E-state index contributed by atoms with van der Waals surface area (Å²) < 4.78 is 2.97. The topological polar surface area (TPSA) is 58.1 Å². The predicted molar refractivity (Wildman–Crippen MR) is 108 cm³/mol. The standard InChI is InChI=1S/C22H19N3OS/c1-3-5-6-16-9-12-19-20(14-16)27-22(25(19)13-4-2)24-21(26)18-10-7-17(15-23)8-11-18/h2,7-12,14H,3,5-6,13H2,1H3. The van der Waals surface area contributed by atoms with Crippen molar-refractivity contribution < 1.29 is 4.79 Å². The molecule has 27 heavy (non-hydrogen) atoms. The first kappa shape index (κ1) is 18.6. The van der Waals surface area contributed by atoms with Gasteiger partial charge in [0.05, 0.1) is 28.4 Å². The van der Waals surface area contributed by atoms with E-state index >= 15 is 0 Å². The number of carbonyl (C=O) groups excluding carboxylic acids is 1. The highest BCUT2D eigenvalue weighted by Gasteiger charge is 2.10. The van der Waals surface area contributed by atoms with E-state index in [1.54, 1.807) is 24.3 Å². The largest absolute Gasteiger partial charge is 0.305 e. The SMILES string of the molecule is C#CCn1c(=NC(=O)c2ccc(C#N)cc2)sc2cc(CCCC)ccc21. The van der Waals surface area contributed by atoms with Crippen LogP contribution in [0.4, 0.5) is 0 Å². The number of aryl methyl sites for hydroxylation is 1. The number of benzene rings is 2. The summed E-state index contributed by atoms with van der Waals surface area (Å²) in [6.45, 7) is 2.53. The molecule has 0 radical (unpaired) electrons. The summed E-state index contributed by atoms with van der Waals surface area (Å²) >= 11 is 1.47. The molecule has 0 atom stereocenters. The summed E-state index contributed by atoms with van der Waals surface area (Å²) in [4.78, 5) is 17.4. The minimum Gasteiger partial charge on any atom is -0.305 e. The van der Waals surface area contributed by atoms with E-state index in [0.29, 0.717) is 22.5 Å². The van der Waals surface area contributed by atoms with Crippen LogP contribution in [0.25, 0.3) is 10.2 Å². The van der Waals surface area contributed by atoms with E-state index in [4.69, 9.17) is 11.7 Å². The number of fused-ring (bicyclic) bond motifs is 1. The Kier molecular flexibility index (Phi) is 5.86. The van der Waals surface area contributed by atoms with Crippen LogP contribution in [0.15, 0.2) is 47.5 Å². The predicted octanol–water partition coefficient (Wildman–Crippen LogP) is 4.29. The lowest BCUT2D eigenvalue weighted by Gasteiger charge is -2.02. The summed E-state index contributed by atoms with van der Waals surface area (Å²) in [5.41, 5.74) is 3.23. The number of nitriles is 1. The Morgan fingerprint density at radius 3 is 2.70 bits per heavy atom. The molecule has 0 spiro atoms. The minimum absolute atomic E-state index is 0.344. The summed E-state index contributed by atoms with van der Waals surface area (Å²) in [6, 6.07) is 14.8. The van der Waals surface area contributed by atoms with Gasteiger partial charge in [0.1, 0.15) is 0 Å². The molecule has 0 fully saturated rings. The smallest absolute Gasteiger partial charge is 0.279 e. The Labute approximate surface area is 162 Å². The number of unbranched alkanes of at least 4 members (excludes halogenated alkanes) is 1. The van der Waals surface area contributed by atoms with Gasteiger partial charge in [-0.2, -0.15) is 10.3 Å². The number of aromatic nitrogens is 1. The lowest BCUT2D eigenvalue weighted by molar-refractivity contribution is 0.0998. The van der Waals surface area contributed by atoms with E-state index in [1.807, 2.05) is 10.6 Å². The average Bonchev–Trinajstić information content (AvgIpc) is 3.03. The van der Waals surface area contributed by atoms with Gasteiger partial charge in [-0.1, -0.05) is 36.7 Å². The van der Waals surface area contributed by atoms with E-state index in [0.717, 1.165) is 29.5 Å². The molecule has 0 N–H and O–H groups in total. The Bertz CT molecular complexity index is 1120. The molecular weight excluding hydrogens is 354 g/mol. The zero-order valence-electron chi connectivity index (χ0n) is 15.1. The molecule has 0 bridgehead atoms. The van der Waals surface area contributed by atoms with Gasteiger partial charge in [-0.25, -0.2) is 0 Å². The van der Waals surface area contributed by atoms with Crippen LogP contribution < -0.4 is 4.80 Å². The van der Waals surface area contributed by atoms with Gasteiger partial charge in [0.25, 0.3) is 5.91 Å². The van der Waals surface area contributed by atoms with Crippen molar-refractivity contribution in [1.29, 1.82) is 5.26 Å². The molecule has 2 aromatic carbocycles. The third-order valence-corrected chi connectivity index (χ3v) is 5.31. The van der Waals surface area contributed by atoms with Crippen molar-refractivity contribution in [2.24, 2.45) is 4.99 Å². The number of terminal acetylenes is 1. The summed E-state index contributed by atoms with van der Waals surface area (Å²) in [5, 5.41) is 8.88. The Morgan fingerprint density at radius 2 is 2.04 bits per heavy atom. The fourth-order valence-electron chi connectivity index (χ4n) is 2.82. The summed E-state index contributed by atoms with van der Waals surface area (Å²) in [7, 11) is 0. The van der Waals surface area contributed by atoms with Gasteiger partial charge in [0.15, 0.2) is 4.80 Å². The van der Waals surface area contributed by atoms with Crippen LogP contribution in [0.3, 0.4) is 0 Å². The summed E-state index contributed by atoms with van der Waals surface area (Å²) in [5.74, 6) is 2.30. The number of thiazole rings is 1. The number of rotatable bonds is 5. The molecule has 0 unspecified atom stereocenters. The quantitative estimate of drug-likeness (QED) is 0.626. The van der Waals surface area contributed by atoms with E-state index in [-0.39, 0.29) is 5.91 Å². The molecule has 0 aliphatic heterocycles. The molecule has 3 aromatic rings. The van der Waals surface area contributed by atoms with Gasteiger partial charge in [0, 0.05) is 5.56 Å². The lowest BCUT2D eigenvalue weighted by atomic mass is 10.1. The van der Waals surface area contributed by atoms with Crippen molar-refractivity contribution in [1.82, 2.24) is 4.57 Å². The third-order valence-electron chi connectivity index (χ3n) is 4.27. The highest BCUT2D eigenvalue weighted by atomic mass is 32.1. The van der Waals surface area contributed by atoms with Crippen molar-refractivity contribution >= 4 is 27.5 Å². The molecule has 5 heteroatoms. The average molecular weight is 373 g/mol. The van der Waals surface area contributed by atoms with Gasteiger partial charge >= 0.3 is 0 Å². The highest BCUT2D eigenvalue weighted by Crippen LogP contribution is 2.20. The molecule has 0 saturated carbocycles. The van der Waals surface area contributed by atoms with Gasteiger partial charge in [-0.3, -0.25) is 4.79 Å². The zero-order chi connectivity index (χ0) is 19.2. The Balaban J connectivity index is 2.04. The maximum Gasteiger partial charge on any atom is 0.279 e. The molecule has 0 aliphatic rings. The fraction of sp³-hybridized carbons (Fsp3) is 0.227. The van der Waals surface area contributed by atoms with Crippen molar-refractivity contribution in [3.63, 3.8) is 0 Å². The van der Waals surface area contributed by atoms with Crippen LogP contribution in [0.2, 0.25) is 0 Å². The Hall–Kier alpha value is -3.15. The normalized spacial score (nSPS) is 11.3. The molecule has 4 nitrogen and oxygen atoms in total. The highest BCUT2D eigenvalue weighted by molar-refractivity contribution is 7.16. The van der Waals surface area contributed by atoms with E-state index in [1.165, 1.54) is 16.9 Å². The number of hydrogen-bond donors (Lipinski definition) is 0. The second-order valence-electron chi connectivity index (χ2n) is 6.19. The molecule has 3 rings (SSSR count). The van der Waals surface area contributed by atoms with Crippen LogP contribution in [0.5, 0.6) is 0 Å². The molecule has 1 aromatic heterocycles. The first-order valence-electron chi connectivity index (χ1n) is 8.81. The fourth-order valence-corrected chi connectivity index (χ4v) is 3.91. The molecule has 0 aliphatic carbocycles. The first-order chi connectivity index (χ1) is 13.2. The van der Waals surface area contributed by atoms with Crippen molar-refractivity contribution in [3.8, 4) is 18.4 Å². The minimum atomic E-state index is -0.344. The summed E-state index contributed by atoms with van der Waals surface area (Å²) in [6.07, 6.45) is 8.86. The van der Waals surface area contributed by atoms with Crippen LogP contribution in [0, 0.1) is 23.7 Å². The van der Waals surface area contributed by atoms with Gasteiger partial charge in [0.2, 0.25) is 0 Å². The van der Waals surface area contributed by atoms with Crippen molar-refractivity contribution in [2.75, 3.05) is 0 Å². The van der Waals surface area contributed by atoms with Crippen molar-refractivity contribution in [2.45, 2.75) is 32.7 Å². The molecule has 134 valence electrons. The second-order valence-corrected chi connectivity index (χ2v) is 7.20. The van der Waals surface area contributed by atoms with Gasteiger partial charge in [-0.15, -0.1) is 6.42 Å². The zero-order valence-corrected chi connectivity index (χ0v) is 15.9. The van der Waals surface area contributed by atoms with Gasteiger partial charge < -0.3 is 4.57 Å². The van der Waals surface area contributed by atoms with Crippen molar-refractivity contribution in [3.05, 3.63) is 64.0 Å². The van der Waals surface area contributed by atoms with Gasteiger partial charge in [-0.05, 0) is 54.8 Å². The second kappa shape index (κ2) is 8.49. The lowest BCUT2D eigenvalue weighted by Crippen LogP contribution is -2.16. The van der Waals surface area contributed by atoms with E-state index in [9.17, 15) is 4.79 Å². The number of amides is 1. The van der Waals surface area contributed by atoms with E-state index in [2.05, 4.69) is 36.0 Å². The van der Waals surface area contributed by atoms with Crippen LogP contribution in [0.1, 0.15) is 41.3 Å². The molecule has 1 heterocycles. The number of carbonyl (C=O) groups is 1. The third kappa shape index (κ3) is 4.16. The number of hydrogen-bond acceptors (Lipinski definition) is 3. The van der Waals surface area contributed by atoms with E-state index < -0.39 is 0 Å². The maximum absolute atomic E-state index is 12.5. The van der Waals surface area contributed by atoms with Crippen LogP contribution >= 0.6 is 11.3 Å². The Morgan fingerprint density at radius 1 is 1.26 bits per heavy atom. The molecular formula is C22H19N3OS. The van der Waals surface area contributed by atoms with Crippen LogP contribution in [-0.2, 0) is 13.0 Å². The first-order valence-corrected chi connectivity index (χ1v) is 9.63.